The number of carbonyl (C=O) groups excluding carboxylic acids is 5. The monoisotopic (exact) mass is 492 g/mol. The zero-order chi connectivity index (χ0) is 27.2. The van der Waals surface area contributed by atoms with Gasteiger partial charge in [-0.3, -0.25) is 24.0 Å². The predicted octanol–water partition coefficient (Wildman–Crippen LogP) is 4.60. The normalized spacial score (nSPS) is 25.8. The third kappa shape index (κ3) is 3.21. The van der Waals surface area contributed by atoms with Crippen LogP contribution in [0.1, 0.15) is 73.3 Å². The molecule has 1 heterocycles. The standard InChI is InChI=1S/C29H32O7/c1-26(2)20(31)18-15(14-11-9-10-12-17(14)36-23(18)29(7,8)25(26)35)13-16(30)19-21(32)27(3,4)24(34)28(5,6)22(19)33/h9-12,15,32H,13H2,1-8H3. The van der Waals surface area contributed by atoms with Crippen LogP contribution in [0.3, 0.4) is 0 Å². The zero-order valence-corrected chi connectivity index (χ0v) is 22.0. The van der Waals surface area contributed by atoms with E-state index in [9.17, 15) is 29.1 Å². The Bertz CT molecular complexity index is 1330. The van der Waals surface area contributed by atoms with E-state index in [0.717, 1.165) is 0 Å². The number of benzene rings is 1. The summed E-state index contributed by atoms with van der Waals surface area (Å²) in [4.78, 5) is 66.9. The Balaban J connectivity index is 1.90. The van der Waals surface area contributed by atoms with Crippen LogP contribution in [0.15, 0.2) is 46.9 Å². The fraction of sp³-hybridized carbons (Fsp3) is 0.483. The summed E-state index contributed by atoms with van der Waals surface area (Å²) in [5.74, 6) is -3.32. The van der Waals surface area contributed by atoms with Crippen molar-refractivity contribution in [3.63, 3.8) is 0 Å². The summed E-state index contributed by atoms with van der Waals surface area (Å²) in [6.07, 6.45) is -0.309. The topological polar surface area (TPSA) is 115 Å². The van der Waals surface area contributed by atoms with E-state index in [0.29, 0.717) is 11.3 Å². The van der Waals surface area contributed by atoms with Crippen LogP contribution < -0.4 is 4.74 Å². The molecule has 1 atom stereocenters. The van der Waals surface area contributed by atoms with Crippen LogP contribution in [0.2, 0.25) is 0 Å². The predicted molar refractivity (Wildman–Crippen MR) is 131 cm³/mol. The summed E-state index contributed by atoms with van der Waals surface area (Å²) in [6, 6.07) is 6.96. The van der Waals surface area contributed by atoms with Gasteiger partial charge in [0.25, 0.3) is 0 Å². The number of allylic oxidation sites excluding steroid dienone is 4. The van der Waals surface area contributed by atoms with Crippen molar-refractivity contribution in [1.82, 2.24) is 0 Å². The van der Waals surface area contributed by atoms with E-state index in [2.05, 4.69) is 0 Å². The van der Waals surface area contributed by atoms with Crippen molar-refractivity contribution in [2.75, 3.05) is 0 Å². The molecule has 0 spiro atoms. The summed E-state index contributed by atoms with van der Waals surface area (Å²) < 4.78 is 6.12. The molecule has 3 aliphatic rings. The van der Waals surface area contributed by atoms with E-state index >= 15 is 0 Å². The molecule has 1 aliphatic heterocycles. The molecule has 0 fully saturated rings. The second kappa shape index (κ2) is 7.58. The lowest BCUT2D eigenvalue weighted by Crippen LogP contribution is -2.52. The lowest BCUT2D eigenvalue weighted by atomic mass is 9.59. The number of aliphatic hydroxyl groups is 1. The quantitative estimate of drug-likeness (QED) is 0.484. The first kappa shape index (κ1) is 25.7. The summed E-state index contributed by atoms with van der Waals surface area (Å²) in [5, 5.41) is 10.9. The van der Waals surface area contributed by atoms with Crippen LogP contribution in [-0.4, -0.2) is 34.0 Å². The van der Waals surface area contributed by atoms with Crippen molar-refractivity contribution >= 4 is 28.9 Å². The van der Waals surface area contributed by atoms with Crippen molar-refractivity contribution < 1.29 is 33.8 Å². The maximum absolute atomic E-state index is 13.8. The minimum Gasteiger partial charge on any atom is -0.510 e. The van der Waals surface area contributed by atoms with Gasteiger partial charge < -0.3 is 9.84 Å². The highest BCUT2D eigenvalue weighted by atomic mass is 16.5. The number of para-hydroxylation sites is 1. The van der Waals surface area contributed by atoms with Crippen LogP contribution in [0.25, 0.3) is 0 Å². The first-order valence-corrected chi connectivity index (χ1v) is 12.1. The van der Waals surface area contributed by atoms with E-state index in [1.807, 2.05) is 0 Å². The van der Waals surface area contributed by atoms with E-state index < -0.39 is 62.0 Å². The third-order valence-electron chi connectivity index (χ3n) is 8.04. The molecule has 0 saturated heterocycles. The number of hydrogen-bond acceptors (Lipinski definition) is 7. The highest BCUT2D eigenvalue weighted by Crippen LogP contribution is 2.54. The Labute approximate surface area is 210 Å². The molecule has 7 nitrogen and oxygen atoms in total. The van der Waals surface area contributed by atoms with Gasteiger partial charge in [0.1, 0.15) is 22.8 Å². The maximum Gasteiger partial charge on any atom is 0.182 e. The van der Waals surface area contributed by atoms with E-state index in [-0.39, 0.29) is 23.5 Å². The molecule has 0 saturated carbocycles. The van der Waals surface area contributed by atoms with Crippen molar-refractivity contribution in [2.45, 2.75) is 67.7 Å². The van der Waals surface area contributed by atoms with Gasteiger partial charge in [0.05, 0.1) is 21.7 Å². The highest BCUT2D eigenvalue weighted by molar-refractivity contribution is 6.31. The van der Waals surface area contributed by atoms with E-state index in [1.54, 1.807) is 52.0 Å². The Morgan fingerprint density at radius 3 is 1.94 bits per heavy atom. The molecule has 1 unspecified atom stereocenters. The van der Waals surface area contributed by atoms with Crippen molar-refractivity contribution in [1.29, 1.82) is 0 Å². The SMILES string of the molecule is CC1(C)C(=O)C(C(=O)CC2C3=C(Oc4ccccc42)C(C)(C)C(=O)C(C)(C)C3=O)=C(O)C(C)(C)C1=O. The molecule has 190 valence electrons. The molecule has 1 aromatic carbocycles. The van der Waals surface area contributed by atoms with Gasteiger partial charge in [0.2, 0.25) is 0 Å². The smallest absolute Gasteiger partial charge is 0.182 e. The molecule has 0 amide bonds. The second-order valence-corrected chi connectivity index (χ2v) is 12.1. The molecule has 1 aromatic rings. The Morgan fingerprint density at radius 1 is 0.806 bits per heavy atom. The molecule has 4 rings (SSSR count). The minimum absolute atomic E-state index is 0.206. The number of Topliss-reactive ketones (excluding diaryl/α,β-unsaturated/α-hetero) is 5. The van der Waals surface area contributed by atoms with Gasteiger partial charge in [0, 0.05) is 23.5 Å². The summed E-state index contributed by atoms with van der Waals surface area (Å²) >= 11 is 0. The fourth-order valence-corrected chi connectivity index (χ4v) is 5.87. The van der Waals surface area contributed by atoms with Crippen LogP contribution in [0.5, 0.6) is 5.75 Å². The van der Waals surface area contributed by atoms with Gasteiger partial charge in [-0.1, -0.05) is 18.2 Å². The molecule has 1 N–H and O–H groups in total. The number of ketones is 5. The molecule has 0 aromatic heterocycles. The van der Waals surface area contributed by atoms with Crippen molar-refractivity contribution in [3.8, 4) is 5.75 Å². The summed E-state index contributed by atoms with van der Waals surface area (Å²) in [7, 11) is 0. The number of ether oxygens (including phenoxy) is 1. The van der Waals surface area contributed by atoms with E-state index in [4.69, 9.17) is 4.74 Å². The molecule has 36 heavy (non-hydrogen) atoms. The number of rotatable bonds is 3. The molecule has 2 aliphatic carbocycles. The number of fused-ring (bicyclic) bond motifs is 1. The fourth-order valence-electron chi connectivity index (χ4n) is 5.87. The molecule has 0 radical (unpaired) electrons. The Hall–Kier alpha value is -3.35. The largest absolute Gasteiger partial charge is 0.510 e. The van der Waals surface area contributed by atoms with Crippen LogP contribution in [-0.2, 0) is 24.0 Å². The lowest BCUT2D eigenvalue weighted by Gasteiger charge is -2.44. The first-order chi connectivity index (χ1) is 16.4. The van der Waals surface area contributed by atoms with Crippen LogP contribution in [0, 0.1) is 21.7 Å². The average molecular weight is 493 g/mol. The average Bonchev–Trinajstić information content (AvgIpc) is 2.80. The van der Waals surface area contributed by atoms with Gasteiger partial charge >= 0.3 is 0 Å². The minimum atomic E-state index is -1.49. The van der Waals surface area contributed by atoms with Gasteiger partial charge in [-0.05, 0) is 61.5 Å². The Kier molecular flexibility index (Phi) is 5.42. The van der Waals surface area contributed by atoms with Gasteiger partial charge in [-0.2, -0.15) is 0 Å². The number of aliphatic hydroxyl groups excluding tert-OH is 1. The van der Waals surface area contributed by atoms with E-state index in [1.165, 1.54) is 27.7 Å². The molecular weight excluding hydrogens is 460 g/mol. The number of carbonyl (C=O) groups is 5. The molecule has 0 bridgehead atoms. The Morgan fingerprint density at radius 2 is 1.33 bits per heavy atom. The zero-order valence-electron chi connectivity index (χ0n) is 22.0. The molecular formula is C29H32O7. The second-order valence-electron chi connectivity index (χ2n) is 12.1. The number of hydrogen-bond donors (Lipinski definition) is 1. The highest BCUT2D eigenvalue weighted by Gasteiger charge is 2.58. The third-order valence-corrected chi connectivity index (χ3v) is 8.04. The van der Waals surface area contributed by atoms with Gasteiger partial charge in [-0.25, -0.2) is 0 Å². The van der Waals surface area contributed by atoms with Crippen LogP contribution in [0.4, 0.5) is 0 Å². The maximum atomic E-state index is 13.8. The summed E-state index contributed by atoms with van der Waals surface area (Å²) in [6.45, 7) is 12.4. The van der Waals surface area contributed by atoms with Crippen LogP contribution >= 0.6 is 0 Å². The lowest BCUT2D eigenvalue weighted by molar-refractivity contribution is -0.146. The van der Waals surface area contributed by atoms with Gasteiger partial charge in [-0.15, -0.1) is 0 Å². The van der Waals surface area contributed by atoms with Gasteiger partial charge in [0.15, 0.2) is 28.9 Å². The molecule has 7 heteroatoms. The van der Waals surface area contributed by atoms with Crippen molar-refractivity contribution in [3.05, 3.63) is 52.5 Å². The first-order valence-electron chi connectivity index (χ1n) is 12.1. The van der Waals surface area contributed by atoms with Crippen molar-refractivity contribution in [2.24, 2.45) is 21.7 Å². The summed E-state index contributed by atoms with van der Waals surface area (Å²) in [5.41, 5.74) is -4.97.